The van der Waals surface area contributed by atoms with Crippen molar-refractivity contribution in [2.24, 2.45) is 5.92 Å². The highest BCUT2D eigenvalue weighted by Gasteiger charge is 2.70. The van der Waals surface area contributed by atoms with E-state index >= 15 is 0 Å². The lowest BCUT2D eigenvalue weighted by Crippen LogP contribution is -2.49. The van der Waals surface area contributed by atoms with Gasteiger partial charge in [-0.2, -0.15) is 0 Å². The van der Waals surface area contributed by atoms with E-state index in [-0.39, 0.29) is 23.0 Å². The van der Waals surface area contributed by atoms with Crippen molar-refractivity contribution in [3.05, 3.63) is 142 Å². The van der Waals surface area contributed by atoms with Gasteiger partial charge in [0.25, 0.3) is 0 Å². The molecule has 1 spiro atoms. The quantitative estimate of drug-likeness (QED) is 0.267. The average Bonchev–Trinajstić information content (AvgIpc) is 3.49. The molecule has 0 aromatic heterocycles. The van der Waals surface area contributed by atoms with Crippen LogP contribution in [0.1, 0.15) is 62.4 Å². The fourth-order valence-electron chi connectivity index (χ4n) is 7.26. The number of rotatable bonds is 6. The maximum Gasteiger partial charge on any atom is 0.238 e. The van der Waals surface area contributed by atoms with Crippen molar-refractivity contribution in [2.75, 3.05) is 5.32 Å². The van der Waals surface area contributed by atoms with E-state index in [0.29, 0.717) is 16.8 Å². The van der Waals surface area contributed by atoms with Gasteiger partial charge in [-0.1, -0.05) is 80.1 Å². The fourth-order valence-corrected chi connectivity index (χ4v) is 7.26. The van der Waals surface area contributed by atoms with Gasteiger partial charge >= 0.3 is 0 Å². The first-order chi connectivity index (χ1) is 20.4. The Morgan fingerprint density at radius 3 is 2.29 bits per heavy atom. The number of carbonyl (C=O) groups excluding carboxylic acids is 3. The number of hydrogen-bond acceptors (Lipinski definition) is 4. The molecule has 208 valence electrons. The Bertz CT molecular complexity index is 1760. The van der Waals surface area contributed by atoms with Crippen LogP contribution in [0.3, 0.4) is 0 Å². The van der Waals surface area contributed by atoms with Gasteiger partial charge in [0.05, 0.1) is 12.0 Å². The molecule has 4 aromatic rings. The highest BCUT2D eigenvalue weighted by atomic mass is 19.1. The Morgan fingerprint density at radius 2 is 1.52 bits per heavy atom. The highest BCUT2D eigenvalue weighted by molar-refractivity contribution is 6.16. The lowest BCUT2D eigenvalue weighted by molar-refractivity contribution is -0.122. The molecule has 5 nitrogen and oxygen atoms in total. The monoisotopic (exact) mass is 556 g/mol. The molecular formula is C36H29FN2O3. The number of Topliss-reactive ketones (excluding diaryl/α,β-unsaturated/α-hetero) is 2. The number of carbonyl (C=O) groups is 3. The van der Waals surface area contributed by atoms with Gasteiger partial charge in [0.1, 0.15) is 17.3 Å². The smallest absolute Gasteiger partial charge is 0.238 e. The van der Waals surface area contributed by atoms with Crippen LogP contribution in [0, 0.1) is 11.7 Å². The zero-order chi connectivity index (χ0) is 29.0. The molecule has 3 aliphatic rings. The molecule has 0 aliphatic carbocycles. The predicted octanol–water partition coefficient (Wildman–Crippen LogP) is 6.76. The van der Waals surface area contributed by atoms with E-state index < -0.39 is 29.2 Å². The molecule has 3 heterocycles. The largest absolute Gasteiger partial charge is 0.358 e. The summed E-state index contributed by atoms with van der Waals surface area (Å²) in [6, 6.07) is 26.5. The summed E-state index contributed by atoms with van der Waals surface area (Å²) in [5.74, 6) is -2.43. The van der Waals surface area contributed by atoms with E-state index in [4.69, 9.17) is 0 Å². The summed E-state index contributed by atoms with van der Waals surface area (Å²) in [4.78, 5) is 45.7. The van der Waals surface area contributed by atoms with Crippen molar-refractivity contribution in [2.45, 2.75) is 37.3 Å². The minimum atomic E-state index is -1.39. The summed E-state index contributed by atoms with van der Waals surface area (Å²) in [5, 5.41) is 3.06. The van der Waals surface area contributed by atoms with Gasteiger partial charge in [0.2, 0.25) is 5.91 Å². The molecule has 1 N–H and O–H groups in total. The standard InChI is InChI=1S/C36H29FN2O3/c1-2-7-22-12-14-24(15-13-22)32(40)30-31(33(41)25-16-18-26(37)19-17-25)39-21-20-23-8-3-4-9-27(23)34(39)36(30)28-10-5-6-11-29(28)38-35(36)42/h3-6,8-21,30-31,34H,2,7H2,1H3,(H,38,42)/t30-,31+,34+,36+/m0/s1. The Hall–Kier alpha value is -4.84. The third-order valence-corrected chi connectivity index (χ3v) is 9.03. The van der Waals surface area contributed by atoms with Gasteiger partial charge in [-0.25, -0.2) is 4.39 Å². The van der Waals surface area contributed by atoms with Gasteiger partial charge in [-0.3, -0.25) is 14.4 Å². The molecule has 1 fully saturated rings. The van der Waals surface area contributed by atoms with E-state index in [1.54, 1.807) is 12.1 Å². The normalized spacial score (nSPS) is 23.3. The number of hydrogen-bond donors (Lipinski definition) is 1. The molecule has 3 aliphatic heterocycles. The Kier molecular flexibility index (Phi) is 6.15. The molecule has 7 rings (SSSR count). The van der Waals surface area contributed by atoms with E-state index in [1.807, 2.05) is 77.8 Å². The van der Waals surface area contributed by atoms with E-state index in [1.165, 1.54) is 24.3 Å². The van der Waals surface area contributed by atoms with E-state index in [0.717, 1.165) is 29.5 Å². The summed E-state index contributed by atoms with van der Waals surface area (Å²) in [5.41, 5.74) is 3.60. The second-order valence-electron chi connectivity index (χ2n) is 11.3. The van der Waals surface area contributed by atoms with Crippen molar-refractivity contribution < 1.29 is 18.8 Å². The maximum absolute atomic E-state index is 14.8. The van der Waals surface area contributed by atoms with Gasteiger partial charge < -0.3 is 10.2 Å². The van der Waals surface area contributed by atoms with Gasteiger partial charge in [0.15, 0.2) is 11.6 Å². The molecule has 0 unspecified atom stereocenters. The lowest BCUT2D eigenvalue weighted by Gasteiger charge is -2.38. The van der Waals surface area contributed by atoms with Crippen molar-refractivity contribution in [3.8, 4) is 0 Å². The first-order valence-corrected chi connectivity index (χ1v) is 14.3. The third kappa shape index (κ3) is 3.71. The molecule has 4 aromatic carbocycles. The van der Waals surface area contributed by atoms with Crippen molar-refractivity contribution in [1.82, 2.24) is 4.90 Å². The number of halogens is 1. The zero-order valence-corrected chi connectivity index (χ0v) is 23.1. The second kappa shape index (κ2) is 9.91. The molecule has 0 bridgehead atoms. The summed E-state index contributed by atoms with van der Waals surface area (Å²) >= 11 is 0. The summed E-state index contributed by atoms with van der Waals surface area (Å²) in [6.45, 7) is 2.10. The van der Waals surface area contributed by atoms with Gasteiger partial charge in [-0.05, 0) is 65.1 Å². The number of para-hydroxylation sites is 1. The third-order valence-electron chi connectivity index (χ3n) is 9.03. The highest BCUT2D eigenvalue weighted by Crippen LogP contribution is 2.62. The Morgan fingerprint density at radius 1 is 0.857 bits per heavy atom. The maximum atomic E-state index is 14.8. The van der Waals surface area contributed by atoms with Gasteiger partial charge in [-0.15, -0.1) is 0 Å². The van der Waals surface area contributed by atoms with Crippen LogP contribution in [0.15, 0.2) is 103 Å². The molecule has 1 saturated heterocycles. The van der Waals surface area contributed by atoms with Crippen molar-refractivity contribution >= 4 is 29.2 Å². The molecule has 1 amide bonds. The van der Waals surface area contributed by atoms with E-state index in [2.05, 4.69) is 12.2 Å². The Balaban J connectivity index is 1.50. The number of amides is 1. The second-order valence-corrected chi connectivity index (χ2v) is 11.3. The Labute approximate surface area is 243 Å². The minimum Gasteiger partial charge on any atom is -0.358 e. The molecular weight excluding hydrogens is 527 g/mol. The van der Waals surface area contributed by atoms with Crippen LogP contribution in [0.25, 0.3) is 6.08 Å². The zero-order valence-electron chi connectivity index (χ0n) is 23.1. The molecule has 42 heavy (non-hydrogen) atoms. The van der Waals surface area contributed by atoms with Crippen LogP contribution in [-0.2, 0) is 16.6 Å². The van der Waals surface area contributed by atoms with Crippen LogP contribution in [-0.4, -0.2) is 28.4 Å². The molecule has 4 atom stereocenters. The van der Waals surface area contributed by atoms with Gasteiger partial charge in [0, 0.05) is 23.0 Å². The number of fused-ring (bicyclic) bond motifs is 6. The fraction of sp³-hybridized carbons (Fsp3) is 0.194. The van der Waals surface area contributed by atoms with Crippen LogP contribution in [0.5, 0.6) is 0 Å². The van der Waals surface area contributed by atoms with Crippen LogP contribution >= 0.6 is 0 Å². The summed E-state index contributed by atoms with van der Waals surface area (Å²) in [7, 11) is 0. The summed E-state index contributed by atoms with van der Waals surface area (Å²) < 4.78 is 13.9. The van der Waals surface area contributed by atoms with Crippen molar-refractivity contribution in [1.29, 1.82) is 0 Å². The first kappa shape index (κ1) is 26.1. The van der Waals surface area contributed by atoms with Crippen LogP contribution in [0.4, 0.5) is 10.1 Å². The molecule has 6 heteroatoms. The average molecular weight is 557 g/mol. The first-order valence-electron chi connectivity index (χ1n) is 14.3. The van der Waals surface area contributed by atoms with E-state index in [9.17, 15) is 18.8 Å². The number of ketones is 2. The number of nitrogens with one attached hydrogen (secondary N) is 1. The number of aryl methyl sites for hydroxylation is 1. The molecule has 0 saturated carbocycles. The van der Waals surface area contributed by atoms with Crippen molar-refractivity contribution in [3.63, 3.8) is 0 Å². The number of nitrogens with zero attached hydrogens (tertiary/aromatic N) is 1. The predicted molar refractivity (Wildman–Crippen MR) is 160 cm³/mol. The topological polar surface area (TPSA) is 66.5 Å². The summed E-state index contributed by atoms with van der Waals surface area (Å²) in [6.07, 6.45) is 5.63. The van der Waals surface area contributed by atoms with Crippen LogP contribution < -0.4 is 5.32 Å². The number of benzene rings is 4. The minimum absolute atomic E-state index is 0.273. The van der Waals surface area contributed by atoms with Crippen LogP contribution in [0.2, 0.25) is 0 Å². The SMILES string of the molecule is CCCc1ccc(C(=O)[C@@H]2[C@H](C(=O)c3ccc(F)cc3)N3C=Cc4ccccc4[C@@H]3[C@]23C(=O)Nc2ccccc23)cc1. The molecule has 0 radical (unpaired) electrons. The lowest BCUT2D eigenvalue weighted by atomic mass is 9.62. The number of anilines is 1.